The van der Waals surface area contributed by atoms with Gasteiger partial charge in [-0.2, -0.15) is 0 Å². The van der Waals surface area contributed by atoms with E-state index in [2.05, 4.69) is 13.5 Å². The van der Waals surface area contributed by atoms with Crippen LogP contribution in [0.5, 0.6) is 0 Å². The predicted octanol–water partition coefficient (Wildman–Crippen LogP) is 4.07. The molecular formula is C14H21O2P. The summed E-state index contributed by atoms with van der Waals surface area (Å²) in [7, 11) is -3.38. The second-order valence-electron chi connectivity index (χ2n) is 4.29. The number of hydrogen-bond acceptors (Lipinski definition) is 1. The monoisotopic (exact) mass is 252 g/mol. The van der Waals surface area contributed by atoms with E-state index in [0.29, 0.717) is 17.0 Å². The van der Waals surface area contributed by atoms with Gasteiger partial charge in [-0.05, 0) is 25.0 Å². The maximum atomic E-state index is 12.2. The Balaban J connectivity index is 2.59. The van der Waals surface area contributed by atoms with Crippen LogP contribution in [-0.4, -0.2) is 4.89 Å². The molecule has 0 amide bonds. The van der Waals surface area contributed by atoms with Gasteiger partial charge in [0, 0.05) is 10.6 Å². The molecule has 0 fully saturated rings. The highest BCUT2D eigenvalue weighted by Crippen LogP contribution is 2.49. The summed E-state index contributed by atoms with van der Waals surface area (Å²) in [6, 6.07) is 8.79. The molecule has 0 bridgehead atoms. The highest BCUT2D eigenvalue weighted by Gasteiger charge is 2.24. The Hall–Kier alpha value is -0.850. The Kier molecular flexibility index (Phi) is 5.67. The zero-order chi connectivity index (χ0) is 12.7. The molecule has 1 N–H and O–H groups in total. The van der Waals surface area contributed by atoms with Crippen molar-refractivity contribution < 1.29 is 9.46 Å². The fourth-order valence-corrected chi connectivity index (χ4v) is 3.12. The van der Waals surface area contributed by atoms with Gasteiger partial charge in [0.25, 0.3) is 7.37 Å². The highest BCUT2D eigenvalue weighted by atomic mass is 31.2. The summed E-state index contributed by atoms with van der Waals surface area (Å²) in [4.78, 5) is 10.1. The van der Waals surface area contributed by atoms with Crippen molar-refractivity contribution in [3.05, 3.63) is 42.2 Å². The van der Waals surface area contributed by atoms with Gasteiger partial charge in [0.05, 0.1) is 0 Å². The van der Waals surface area contributed by atoms with Crippen molar-refractivity contribution in [1.29, 1.82) is 0 Å². The van der Waals surface area contributed by atoms with E-state index in [4.69, 9.17) is 0 Å². The smallest absolute Gasteiger partial charge is 0.254 e. The van der Waals surface area contributed by atoms with Crippen LogP contribution in [0.2, 0.25) is 0 Å². The van der Waals surface area contributed by atoms with E-state index in [-0.39, 0.29) is 0 Å². The SMILES string of the molecule is C=C(CCCCCC)P(=O)(O)c1ccccc1. The van der Waals surface area contributed by atoms with Crippen LogP contribution in [0.3, 0.4) is 0 Å². The Bertz CT molecular complexity index is 398. The first-order valence-electron chi connectivity index (χ1n) is 6.15. The molecular weight excluding hydrogens is 231 g/mol. The number of rotatable bonds is 7. The summed E-state index contributed by atoms with van der Waals surface area (Å²) in [5.41, 5.74) is 0. The third kappa shape index (κ3) is 4.14. The largest absolute Gasteiger partial charge is 0.338 e. The van der Waals surface area contributed by atoms with Crippen LogP contribution in [0.4, 0.5) is 0 Å². The Morgan fingerprint density at radius 3 is 2.47 bits per heavy atom. The summed E-state index contributed by atoms with van der Waals surface area (Å²) < 4.78 is 12.2. The lowest BCUT2D eigenvalue weighted by Crippen LogP contribution is -2.04. The predicted molar refractivity (Wildman–Crippen MR) is 73.8 cm³/mol. The third-order valence-corrected chi connectivity index (χ3v) is 4.93. The zero-order valence-electron chi connectivity index (χ0n) is 10.4. The molecule has 0 radical (unpaired) electrons. The van der Waals surface area contributed by atoms with Crippen LogP contribution in [0.25, 0.3) is 0 Å². The summed E-state index contributed by atoms with van der Waals surface area (Å²) in [5.74, 6) is 0. The molecule has 0 spiro atoms. The van der Waals surface area contributed by atoms with Gasteiger partial charge in [0.15, 0.2) is 0 Å². The van der Waals surface area contributed by atoms with E-state index in [0.717, 1.165) is 12.8 Å². The maximum absolute atomic E-state index is 12.2. The molecule has 0 aliphatic carbocycles. The highest BCUT2D eigenvalue weighted by molar-refractivity contribution is 7.70. The quantitative estimate of drug-likeness (QED) is 0.586. The Morgan fingerprint density at radius 1 is 1.24 bits per heavy atom. The fourth-order valence-electron chi connectivity index (χ4n) is 1.72. The molecule has 2 nitrogen and oxygen atoms in total. The number of unbranched alkanes of at least 4 members (excludes halogenated alkanes) is 3. The minimum Gasteiger partial charge on any atom is -0.338 e. The van der Waals surface area contributed by atoms with Crippen molar-refractivity contribution in [2.45, 2.75) is 39.0 Å². The van der Waals surface area contributed by atoms with E-state index in [1.165, 1.54) is 12.8 Å². The fraction of sp³-hybridized carbons (Fsp3) is 0.429. The van der Waals surface area contributed by atoms with Crippen LogP contribution in [0.1, 0.15) is 39.0 Å². The van der Waals surface area contributed by atoms with Gasteiger partial charge in [-0.15, -0.1) is 0 Å². The average molecular weight is 252 g/mol. The molecule has 1 unspecified atom stereocenters. The normalized spacial score (nSPS) is 14.2. The second-order valence-corrected chi connectivity index (χ2v) is 6.59. The number of hydrogen-bond donors (Lipinski definition) is 1. The van der Waals surface area contributed by atoms with E-state index < -0.39 is 7.37 Å². The lowest BCUT2D eigenvalue weighted by atomic mass is 10.1. The summed E-state index contributed by atoms with van der Waals surface area (Å²) in [6.45, 7) is 5.94. The van der Waals surface area contributed by atoms with E-state index in [9.17, 15) is 9.46 Å². The van der Waals surface area contributed by atoms with Crippen LogP contribution < -0.4 is 5.30 Å². The van der Waals surface area contributed by atoms with Gasteiger partial charge in [-0.3, -0.25) is 4.57 Å². The van der Waals surface area contributed by atoms with Crippen molar-refractivity contribution >= 4 is 12.7 Å². The Morgan fingerprint density at radius 2 is 1.88 bits per heavy atom. The minimum absolute atomic E-state index is 0.472. The van der Waals surface area contributed by atoms with Crippen molar-refractivity contribution in [3.8, 4) is 0 Å². The molecule has 1 aromatic rings. The van der Waals surface area contributed by atoms with Gasteiger partial charge < -0.3 is 4.89 Å². The van der Waals surface area contributed by atoms with Crippen LogP contribution in [-0.2, 0) is 4.57 Å². The standard InChI is InChI=1S/C14H21O2P/c1-3-4-5-7-10-13(2)17(15,16)14-11-8-6-9-12-14/h6,8-9,11-12H,2-5,7,10H2,1H3,(H,15,16). The Labute approximate surface area is 104 Å². The number of benzene rings is 1. The van der Waals surface area contributed by atoms with Crippen molar-refractivity contribution in [3.63, 3.8) is 0 Å². The lowest BCUT2D eigenvalue weighted by Gasteiger charge is -2.14. The molecule has 0 saturated carbocycles. The molecule has 1 atom stereocenters. The maximum Gasteiger partial charge on any atom is 0.254 e. The van der Waals surface area contributed by atoms with Crippen LogP contribution in [0.15, 0.2) is 42.2 Å². The molecule has 0 aliphatic heterocycles. The van der Waals surface area contributed by atoms with E-state index >= 15 is 0 Å². The third-order valence-electron chi connectivity index (χ3n) is 2.85. The van der Waals surface area contributed by atoms with Crippen molar-refractivity contribution in [2.24, 2.45) is 0 Å². The molecule has 3 heteroatoms. The van der Waals surface area contributed by atoms with Gasteiger partial charge in [0.1, 0.15) is 0 Å². The second kappa shape index (κ2) is 6.78. The van der Waals surface area contributed by atoms with Gasteiger partial charge in [-0.1, -0.05) is 51.0 Å². The molecule has 1 rings (SSSR count). The molecule has 0 aromatic heterocycles. The van der Waals surface area contributed by atoms with Gasteiger partial charge in [-0.25, -0.2) is 0 Å². The summed E-state index contributed by atoms with van der Waals surface area (Å²) in [5, 5.41) is 0.959. The first-order chi connectivity index (χ1) is 8.09. The van der Waals surface area contributed by atoms with E-state index in [1.807, 2.05) is 6.07 Å². The van der Waals surface area contributed by atoms with Crippen molar-refractivity contribution in [2.75, 3.05) is 0 Å². The molecule has 0 aliphatic rings. The van der Waals surface area contributed by atoms with E-state index in [1.54, 1.807) is 24.3 Å². The number of allylic oxidation sites excluding steroid dienone is 1. The summed E-state index contributed by atoms with van der Waals surface area (Å²) >= 11 is 0. The lowest BCUT2D eigenvalue weighted by molar-refractivity contribution is 0.494. The van der Waals surface area contributed by atoms with Crippen molar-refractivity contribution in [1.82, 2.24) is 0 Å². The molecule has 0 heterocycles. The van der Waals surface area contributed by atoms with Crippen LogP contribution >= 0.6 is 7.37 Å². The average Bonchev–Trinajstić information content (AvgIpc) is 2.35. The topological polar surface area (TPSA) is 37.3 Å². The zero-order valence-corrected chi connectivity index (χ0v) is 11.3. The van der Waals surface area contributed by atoms with Gasteiger partial charge >= 0.3 is 0 Å². The molecule has 0 saturated heterocycles. The molecule has 17 heavy (non-hydrogen) atoms. The van der Waals surface area contributed by atoms with Crippen LogP contribution in [0, 0.1) is 0 Å². The van der Waals surface area contributed by atoms with Gasteiger partial charge in [0.2, 0.25) is 0 Å². The first-order valence-corrected chi connectivity index (χ1v) is 7.81. The minimum atomic E-state index is -3.38. The summed E-state index contributed by atoms with van der Waals surface area (Å²) in [6.07, 6.45) is 5.04. The molecule has 94 valence electrons. The first kappa shape index (κ1) is 14.2. The molecule has 1 aromatic carbocycles.